The Bertz CT molecular complexity index is 549. The van der Waals surface area contributed by atoms with E-state index in [-0.39, 0.29) is 10.5 Å². The van der Waals surface area contributed by atoms with Crippen molar-refractivity contribution in [1.29, 1.82) is 0 Å². The Morgan fingerprint density at radius 3 is 2.11 bits per heavy atom. The van der Waals surface area contributed by atoms with Crippen LogP contribution in [0.15, 0.2) is 0 Å². The topological polar surface area (TPSA) is 137 Å². The minimum absolute atomic E-state index is 0.126. The number of thioether (sulfide) groups is 1. The first-order valence-corrected chi connectivity index (χ1v) is 11.1. The van der Waals surface area contributed by atoms with E-state index in [4.69, 9.17) is 9.47 Å². The Balaban J connectivity index is 1.39. The van der Waals surface area contributed by atoms with Crippen LogP contribution >= 0.6 is 11.8 Å². The summed E-state index contributed by atoms with van der Waals surface area (Å²) in [6.07, 6.45) is -1.09. The van der Waals surface area contributed by atoms with Crippen molar-refractivity contribution in [3.05, 3.63) is 0 Å². The van der Waals surface area contributed by atoms with E-state index in [1.54, 1.807) is 11.8 Å². The average molecular weight is 419 g/mol. The summed E-state index contributed by atoms with van der Waals surface area (Å²) >= 11 is 1.66. The first kappa shape index (κ1) is 20.8. The van der Waals surface area contributed by atoms with E-state index >= 15 is 0 Å². The van der Waals surface area contributed by atoms with Gasteiger partial charge in [-0.25, -0.2) is 4.79 Å². The summed E-state index contributed by atoms with van der Waals surface area (Å²) in [4.78, 5) is 11.8. The van der Waals surface area contributed by atoms with Gasteiger partial charge in [-0.3, -0.25) is 0 Å². The van der Waals surface area contributed by atoms with Crippen LogP contribution in [0.5, 0.6) is 0 Å². The van der Waals surface area contributed by atoms with Crippen LogP contribution in [0.1, 0.15) is 38.5 Å². The molecule has 5 fully saturated rings. The highest BCUT2D eigenvalue weighted by Crippen LogP contribution is 2.60. The van der Waals surface area contributed by atoms with E-state index in [0.717, 1.165) is 37.0 Å². The first-order valence-electron chi connectivity index (χ1n) is 10.1. The van der Waals surface area contributed by atoms with Crippen molar-refractivity contribution in [3.63, 3.8) is 0 Å². The summed E-state index contributed by atoms with van der Waals surface area (Å²) in [6, 6.07) is 0. The summed E-state index contributed by atoms with van der Waals surface area (Å²) in [7, 11) is 0. The Labute approximate surface area is 168 Å². The number of aliphatic carboxylic acids is 1. The molecule has 9 heteroatoms. The molecule has 5 aliphatic rings. The Kier molecular flexibility index (Phi) is 5.97. The number of carboxylic acids is 1. The first-order chi connectivity index (χ1) is 13.3. The molecular formula is C19H30O8S. The molecule has 1 heterocycles. The van der Waals surface area contributed by atoms with Crippen molar-refractivity contribution in [2.75, 3.05) is 12.4 Å². The van der Waals surface area contributed by atoms with Gasteiger partial charge in [0.25, 0.3) is 0 Å². The number of carbonyl (C=O) groups is 1. The highest BCUT2D eigenvalue weighted by atomic mass is 32.2. The van der Waals surface area contributed by atoms with E-state index in [2.05, 4.69) is 0 Å². The van der Waals surface area contributed by atoms with Crippen molar-refractivity contribution in [2.24, 2.45) is 17.8 Å². The van der Waals surface area contributed by atoms with Crippen molar-refractivity contribution in [3.8, 4) is 0 Å². The zero-order chi connectivity index (χ0) is 20.1. The van der Waals surface area contributed by atoms with Gasteiger partial charge in [0, 0.05) is 10.5 Å². The Hall–Kier alpha value is -0.420. The fraction of sp³-hybridized carbons (Fsp3) is 0.947. The minimum atomic E-state index is -1.59. The number of aliphatic hydroxyl groups excluding tert-OH is 4. The smallest absolute Gasteiger partial charge is 0.333 e. The molecule has 4 bridgehead atoms. The van der Waals surface area contributed by atoms with Crippen LogP contribution in [0.25, 0.3) is 0 Å². The highest BCUT2D eigenvalue weighted by molar-refractivity contribution is 8.00. The van der Waals surface area contributed by atoms with Crippen LogP contribution in [0, 0.1) is 17.8 Å². The van der Waals surface area contributed by atoms with Gasteiger partial charge in [0.15, 0.2) is 12.4 Å². The Morgan fingerprint density at radius 1 is 1.04 bits per heavy atom. The minimum Gasteiger partial charge on any atom is -0.479 e. The molecule has 1 unspecified atom stereocenters. The number of hydrogen-bond donors (Lipinski definition) is 5. The lowest BCUT2D eigenvalue weighted by Crippen LogP contribution is -2.60. The molecule has 1 saturated heterocycles. The van der Waals surface area contributed by atoms with Gasteiger partial charge in [0.05, 0.1) is 6.61 Å². The molecule has 0 radical (unpaired) electrons. The van der Waals surface area contributed by atoms with E-state index in [9.17, 15) is 30.3 Å². The summed E-state index contributed by atoms with van der Waals surface area (Å²) < 4.78 is 10.9. The van der Waals surface area contributed by atoms with E-state index in [1.807, 2.05) is 0 Å². The molecule has 0 aromatic carbocycles. The molecule has 0 aromatic heterocycles. The number of aliphatic hydroxyl groups is 4. The molecule has 160 valence electrons. The lowest BCUT2D eigenvalue weighted by Gasteiger charge is -2.56. The molecule has 5 rings (SSSR count). The van der Waals surface area contributed by atoms with Gasteiger partial charge in [-0.05, 0) is 56.3 Å². The highest BCUT2D eigenvalue weighted by Gasteiger charge is 2.52. The molecule has 8 nitrogen and oxygen atoms in total. The molecule has 28 heavy (non-hydrogen) atoms. The van der Waals surface area contributed by atoms with Gasteiger partial charge >= 0.3 is 5.97 Å². The predicted molar refractivity (Wildman–Crippen MR) is 99.6 cm³/mol. The normalized spacial score (nSPS) is 48.6. The van der Waals surface area contributed by atoms with Crippen molar-refractivity contribution in [1.82, 2.24) is 0 Å². The average Bonchev–Trinajstić information content (AvgIpc) is 2.63. The predicted octanol–water partition coefficient (Wildman–Crippen LogP) is -0.0419. The monoisotopic (exact) mass is 418 g/mol. The second-order valence-electron chi connectivity index (χ2n) is 9.07. The van der Waals surface area contributed by atoms with Crippen molar-refractivity contribution < 1.29 is 39.8 Å². The fourth-order valence-electron chi connectivity index (χ4n) is 5.97. The van der Waals surface area contributed by atoms with Crippen LogP contribution in [0.3, 0.4) is 0 Å². The molecule has 1 aliphatic heterocycles. The Morgan fingerprint density at radius 2 is 1.61 bits per heavy atom. The maximum absolute atomic E-state index is 11.8. The molecule has 0 amide bonds. The third-order valence-corrected chi connectivity index (χ3v) is 8.53. The second-order valence-corrected chi connectivity index (χ2v) is 10.6. The van der Waals surface area contributed by atoms with Crippen LogP contribution in [-0.4, -0.2) is 85.4 Å². The summed E-state index contributed by atoms with van der Waals surface area (Å²) in [5, 5.41) is 48.7. The standard InChI is InChI=1S/C19H30O8S/c20-7-12-14(21)15(22)16(23)18(26-12)27-13(17(24)25)8-28-19-4-9-1-10(5-19)3-11(2-9)6-19/h9-16,18,20-23H,1-8H2,(H,24,25)/t9?,10?,11?,12-,13?,14-,15+,16-,18+,19?/m1/s1. The van der Waals surface area contributed by atoms with Crippen molar-refractivity contribution in [2.45, 2.75) is 80.1 Å². The molecule has 6 atom stereocenters. The maximum atomic E-state index is 11.8. The summed E-state index contributed by atoms with van der Waals surface area (Å²) in [5.74, 6) is 1.35. The third kappa shape index (κ3) is 3.95. The quantitative estimate of drug-likeness (QED) is 0.386. The van der Waals surface area contributed by atoms with Gasteiger partial charge in [-0.15, -0.1) is 0 Å². The van der Waals surface area contributed by atoms with Crippen LogP contribution in [0.2, 0.25) is 0 Å². The lowest BCUT2D eigenvalue weighted by molar-refractivity contribution is -0.308. The zero-order valence-electron chi connectivity index (χ0n) is 15.7. The summed E-state index contributed by atoms with van der Waals surface area (Å²) in [5.41, 5.74) is 0. The number of rotatable bonds is 7. The molecule has 5 N–H and O–H groups in total. The van der Waals surface area contributed by atoms with E-state index in [1.165, 1.54) is 19.3 Å². The van der Waals surface area contributed by atoms with Crippen LogP contribution < -0.4 is 0 Å². The fourth-order valence-corrected chi connectivity index (χ4v) is 7.76. The molecular weight excluding hydrogens is 388 g/mol. The largest absolute Gasteiger partial charge is 0.479 e. The van der Waals surface area contributed by atoms with Crippen LogP contribution in [0.4, 0.5) is 0 Å². The molecule has 4 saturated carbocycles. The van der Waals surface area contributed by atoms with E-state index < -0.39 is 49.4 Å². The maximum Gasteiger partial charge on any atom is 0.333 e. The van der Waals surface area contributed by atoms with Gasteiger partial charge in [-0.1, -0.05) is 0 Å². The molecule has 0 aromatic rings. The SMILES string of the molecule is O=C(O)C(CSC12CC3CC(CC(C3)C1)C2)O[C@@H]1O[C@H](CO)[C@@H](O)[C@H](O)[C@H]1O. The number of carboxylic acid groups (broad SMARTS) is 1. The lowest BCUT2D eigenvalue weighted by atomic mass is 9.56. The van der Waals surface area contributed by atoms with Gasteiger partial charge in [-0.2, -0.15) is 11.8 Å². The van der Waals surface area contributed by atoms with Crippen molar-refractivity contribution >= 4 is 17.7 Å². The summed E-state index contributed by atoms with van der Waals surface area (Å²) in [6.45, 7) is -0.579. The van der Waals surface area contributed by atoms with E-state index in [0.29, 0.717) is 0 Å². The van der Waals surface area contributed by atoms with Gasteiger partial charge in [0.1, 0.15) is 24.4 Å². The second kappa shape index (κ2) is 8.02. The van der Waals surface area contributed by atoms with Crippen LogP contribution in [-0.2, 0) is 14.3 Å². The van der Waals surface area contributed by atoms with Gasteiger partial charge < -0.3 is 35.0 Å². The molecule has 0 spiro atoms. The molecule has 4 aliphatic carbocycles. The number of ether oxygens (including phenoxy) is 2. The van der Waals surface area contributed by atoms with Gasteiger partial charge in [0.2, 0.25) is 0 Å². The zero-order valence-corrected chi connectivity index (χ0v) is 16.5. The third-order valence-electron chi connectivity index (χ3n) is 6.95. The number of hydrogen-bond acceptors (Lipinski definition) is 8.